The third-order valence-electron chi connectivity index (χ3n) is 6.86. The Bertz CT molecular complexity index is 1440. The Labute approximate surface area is 227 Å². The first kappa shape index (κ1) is 27.7. The fraction of sp³-hybridized carbons (Fsp3) is 0.357. The molecule has 8 nitrogen and oxygen atoms in total. The van der Waals surface area contributed by atoms with E-state index in [0.717, 1.165) is 31.0 Å². The predicted octanol–water partition coefficient (Wildman–Crippen LogP) is 4.18. The summed E-state index contributed by atoms with van der Waals surface area (Å²) in [5.41, 5.74) is 1.07. The van der Waals surface area contributed by atoms with Crippen molar-refractivity contribution in [1.29, 1.82) is 0 Å². The van der Waals surface area contributed by atoms with Gasteiger partial charge >= 0.3 is 6.18 Å². The van der Waals surface area contributed by atoms with Crippen molar-refractivity contribution in [1.82, 2.24) is 10.3 Å². The van der Waals surface area contributed by atoms with Crippen LogP contribution in [0.5, 0.6) is 17.2 Å². The maximum atomic E-state index is 14.5. The van der Waals surface area contributed by atoms with Crippen LogP contribution in [-0.4, -0.2) is 48.5 Å². The first-order valence-electron chi connectivity index (χ1n) is 12.5. The second kappa shape index (κ2) is 9.93. The van der Waals surface area contributed by atoms with E-state index in [4.69, 9.17) is 19.9 Å². The summed E-state index contributed by atoms with van der Waals surface area (Å²) in [4.78, 5) is 17.0. The molecule has 212 valence electrons. The van der Waals surface area contributed by atoms with Gasteiger partial charge in [0.2, 0.25) is 5.60 Å². The molecule has 4 N–H and O–H groups in total. The molecule has 2 heterocycles. The van der Waals surface area contributed by atoms with Crippen molar-refractivity contribution in [3.8, 4) is 28.5 Å². The molecule has 1 aromatic heterocycles. The summed E-state index contributed by atoms with van der Waals surface area (Å²) in [6, 6.07) is 10.2. The highest BCUT2D eigenvalue weighted by Gasteiger charge is 2.57. The molecular formula is C28H27F4N3O5. The van der Waals surface area contributed by atoms with Crippen LogP contribution in [0.25, 0.3) is 11.3 Å². The molecule has 12 heteroatoms. The van der Waals surface area contributed by atoms with Crippen molar-refractivity contribution in [2.24, 2.45) is 5.73 Å². The number of amides is 1. The molecule has 0 bridgehead atoms. The van der Waals surface area contributed by atoms with Crippen LogP contribution < -0.4 is 25.3 Å². The Hall–Kier alpha value is -3.90. The Morgan fingerprint density at radius 3 is 2.50 bits per heavy atom. The van der Waals surface area contributed by atoms with Crippen LogP contribution in [0, 0.1) is 5.82 Å². The fourth-order valence-corrected chi connectivity index (χ4v) is 4.34. The molecule has 1 aliphatic carbocycles. The lowest BCUT2D eigenvalue weighted by molar-refractivity contribution is -0.265. The molecule has 1 unspecified atom stereocenters. The van der Waals surface area contributed by atoms with Gasteiger partial charge in [-0.1, -0.05) is 0 Å². The van der Waals surface area contributed by atoms with Gasteiger partial charge in [-0.2, -0.15) is 13.2 Å². The monoisotopic (exact) mass is 561 g/mol. The number of pyridine rings is 1. The molecule has 3 aromatic rings. The molecule has 5 rings (SSSR count). The highest BCUT2D eigenvalue weighted by molar-refractivity contribution is 5.95. The minimum atomic E-state index is -5.26. The molecule has 1 aliphatic heterocycles. The van der Waals surface area contributed by atoms with Gasteiger partial charge in [0.05, 0.1) is 31.0 Å². The second-order valence-electron chi connectivity index (χ2n) is 10.2. The molecule has 2 aliphatic rings. The van der Waals surface area contributed by atoms with Gasteiger partial charge in [0.1, 0.15) is 18.1 Å². The number of carbonyl (C=O) groups excluding carboxylic acids is 1. The number of methoxy groups -OCH3 is 1. The van der Waals surface area contributed by atoms with Gasteiger partial charge in [-0.15, -0.1) is 0 Å². The Balaban J connectivity index is 1.49. The molecule has 0 radical (unpaired) electrons. The van der Waals surface area contributed by atoms with Crippen molar-refractivity contribution in [3.63, 3.8) is 0 Å². The van der Waals surface area contributed by atoms with E-state index < -0.39 is 41.3 Å². The maximum absolute atomic E-state index is 14.5. The van der Waals surface area contributed by atoms with E-state index >= 15 is 0 Å². The number of nitrogens with one attached hydrogen (secondary N) is 1. The van der Waals surface area contributed by atoms with Crippen molar-refractivity contribution >= 4 is 5.91 Å². The Morgan fingerprint density at radius 2 is 1.88 bits per heavy atom. The number of nitrogens with zero attached hydrogens (tertiary/aromatic N) is 1. The summed E-state index contributed by atoms with van der Waals surface area (Å²) >= 11 is 0. The van der Waals surface area contributed by atoms with Crippen molar-refractivity contribution in [3.05, 3.63) is 71.2 Å². The SMILES string of the molecule is COc1cc(C(=O)NCC(O)(c2cc3c(c(-c4ccc(F)cc4)n2)OC[C@]3(C)N)C(F)(F)F)ccc1OC1CC1. The normalized spacial score (nSPS) is 19.8. The smallest absolute Gasteiger partial charge is 0.424 e. The predicted molar refractivity (Wildman–Crippen MR) is 136 cm³/mol. The molecule has 2 atom stereocenters. The van der Waals surface area contributed by atoms with E-state index in [0.29, 0.717) is 5.75 Å². The fourth-order valence-electron chi connectivity index (χ4n) is 4.34. The lowest BCUT2D eigenvalue weighted by atomic mass is 9.89. The van der Waals surface area contributed by atoms with E-state index in [1.54, 1.807) is 6.92 Å². The first-order chi connectivity index (χ1) is 18.8. The van der Waals surface area contributed by atoms with E-state index in [9.17, 15) is 27.5 Å². The van der Waals surface area contributed by atoms with Crippen LogP contribution in [0.1, 0.15) is 41.4 Å². The largest absolute Gasteiger partial charge is 0.493 e. The summed E-state index contributed by atoms with van der Waals surface area (Å²) in [6.07, 6.45) is -3.39. The van der Waals surface area contributed by atoms with Crippen molar-refractivity contribution in [2.45, 2.75) is 43.2 Å². The van der Waals surface area contributed by atoms with Crippen molar-refractivity contribution in [2.75, 3.05) is 20.3 Å². The summed E-state index contributed by atoms with van der Waals surface area (Å²) < 4.78 is 73.6. The van der Waals surface area contributed by atoms with E-state index in [1.165, 1.54) is 37.4 Å². The summed E-state index contributed by atoms with van der Waals surface area (Å²) in [5.74, 6) is -0.645. The lowest BCUT2D eigenvalue weighted by Crippen LogP contribution is -2.51. The van der Waals surface area contributed by atoms with E-state index in [2.05, 4.69) is 10.3 Å². The van der Waals surface area contributed by atoms with E-state index in [1.807, 2.05) is 0 Å². The van der Waals surface area contributed by atoms with Gasteiger partial charge < -0.3 is 30.4 Å². The number of aromatic nitrogens is 1. The molecule has 2 aromatic carbocycles. The Morgan fingerprint density at radius 1 is 1.18 bits per heavy atom. The molecule has 40 heavy (non-hydrogen) atoms. The molecule has 1 saturated carbocycles. The zero-order valence-electron chi connectivity index (χ0n) is 21.6. The Kier molecular flexibility index (Phi) is 6.87. The number of aliphatic hydroxyl groups is 1. The number of fused-ring (bicyclic) bond motifs is 1. The van der Waals surface area contributed by atoms with Crippen LogP contribution in [-0.2, 0) is 11.1 Å². The molecule has 0 saturated heterocycles. The van der Waals surface area contributed by atoms with Crippen LogP contribution in [0.4, 0.5) is 17.6 Å². The molecule has 1 fully saturated rings. The van der Waals surface area contributed by atoms with E-state index in [-0.39, 0.29) is 46.6 Å². The van der Waals surface area contributed by atoms with Gasteiger partial charge in [-0.25, -0.2) is 9.37 Å². The minimum absolute atomic E-state index is 0.00127. The number of benzene rings is 2. The molecule has 1 amide bonds. The number of hydrogen-bond acceptors (Lipinski definition) is 7. The van der Waals surface area contributed by atoms with Gasteiger partial charge in [-0.05, 0) is 68.3 Å². The first-order valence-corrected chi connectivity index (χ1v) is 12.5. The number of alkyl halides is 3. The van der Waals surface area contributed by atoms with Gasteiger partial charge in [-0.3, -0.25) is 4.79 Å². The number of carbonyl (C=O) groups is 1. The number of rotatable bonds is 8. The molecular weight excluding hydrogens is 534 g/mol. The van der Waals surface area contributed by atoms with Crippen molar-refractivity contribution < 1.29 is 41.7 Å². The average Bonchev–Trinajstić information content (AvgIpc) is 3.68. The maximum Gasteiger partial charge on any atom is 0.424 e. The minimum Gasteiger partial charge on any atom is -0.493 e. The third-order valence-corrected chi connectivity index (χ3v) is 6.86. The lowest BCUT2D eigenvalue weighted by Gasteiger charge is -2.31. The highest BCUT2D eigenvalue weighted by Crippen LogP contribution is 2.46. The quantitative estimate of drug-likeness (QED) is 0.354. The van der Waals surface area contributed by atoms with Crippen LogP contribution in [0.2, 0.25) is 0 Å². The molecule has 0 spiro atoms. The topological polar surface area (TPSA) is 116 Å². The van der Waals surface area contributed by atoms with Gasteiger partial charge in [0, 0.05) is 16.7 Å². The highest BCUT2D eigenvalue weighted by atomic mass is 19.4. The van der Waals surface area contributed by atoms with Gasteiger partial charge in [0.15, 0.2) is 17.2 Å². The second-order valence-corrected chi connectivity index (χ2v) is 10.2. The summed E-state index contributed by atoms with van der Waals surface area (Å²) in [6.45, 7) is 0.259. The number of nitrogens with two attached hydrogens (primary N) is 1. The van der Waals surface area contributed by atoms with Crippen LogP contribution in [0.3, 0.4) is 0 Å². The zero-order valence-corrected chi connectivity index (χ0v) is 21.6. The van der Waals surface area contributed by atoms with Crippen LogP contribution in [0.15, 0.2) is 48.5 Å². The van der Waals surface area contributed by atoms with Crippen LogP contribution >= 0.6 is 0 Å². The number of halogens is 4. The standard InChI is InChI=1S/C28H27F4N3O5/c1-26(33)14-39-24-19(26)12-22(35-23(24)15-3-6-17(29)7-4-15)27(37,28(30,31)32)13-34-25(36)16-5-10-20(21(11-16)38-2)40-18-8-9-18/h3-7,10-12,18,37H,8-9,13-14,33H2,1-2H3,(H,34,36)/t26-,27?/m0/s1. The third kappa shape index (κ3) is 5.16. The summed E-state index contributed by atoms with van der Waals surface area (Å²) in [5, 5.41) is 13.3. The number of ether oxygens (including phenoxy) is 3. The number of hydrogen-bond donors (Lipinski definition) is 3. The zero-order chi connectivity index (χ0) is 28.9. The average molecular weight is 562 g/mol. The summed E-state index contributed by atoms with van der Waals surface area (Å²) in [7, 11) is 1.38. The van der Waals surface area contributed by atoms with Gasteiger partial charge in [0.25, 0.3) is 5.91 Å².